The molecular formula is C12H27NO6. The second-order valence-electron chi connectivity index (χ2n) is 3.79. The average molecular weight is 281 g/mol. The Balaban J connectivity index is 0. The molecule has 0 aromatic rings. The van der Waals surface area contributed by atoms with Crippen LogP contribution in [0.5, 0.6) is 0 Å². The Bertz CT molecular complexity index is 174. The number of aliphatic hydroxyl groups is 2. The number of hydrogen-bond acceptors (Lipinski definition) is 6. The molecule has 0 rings (SSSR count). The monoisotopic (exact) mass is 281 g/mol. The first kappa shape index (κ1) is 20.6. The fourth-order valence-electron chi connectivity index (χ4n) is 1.10. The molecule has 0 amide bonds. The van der Waals surface area contributed by atoms with Crippen molar-refractivity contribution in [3.05, 3.63) is 0 Å². The maximum absolute atomic E-state index is 10.0. The predicted octanol–water partition coefficient (Wildman–Crippen LogP) is 0.855. The summed E-state index contributed by atoms with van der Waals surface area (Å²) in [6.07, 6.45) is 5.88. The molecule has 0 atom stereocenters. The summed E-state index contributed by atoms with van der Waals surface area (Å²) in [5.41, 5.74) is 2.07. The summed E-state index contributed by atoms with van der Waals surface area (Å²) < 4.78 is 0. The Morgan fingerprint density at radius 1 is 1.00 bits per heavy atom. The number of nitrogens with one attached hydrogen (secondary N) is 1. The first-order valence-electron chi connectivity index (χ1n) is 6.61. The van der Waals surface area contributed by atoms with Gasteiger partial charge in [-0.3, -0.25) is 14.5 Å². The van der Waals surface area contributed by atoms with Crippen LogP contribution in [0.25, 0.3) is 0 Å². The lowest BCUT2D eigenvalue weighted by atomic mass is 10.1. The fraction of sp³-hybridized carbons (Fsp3) is 0.917. The zero-order valence-electron chi connectivity index (χ0n) is 11.6. The van der Waals surface area contributed by atoms with Gasteiger partial charge in [0, 0.05) is 6.42 Å². The average Bonchev–Trinajstić information content (AvgIpc) is 2.39. The molecule has 0 aliphatic rings. The smallest absolute Gasteiger partial charge is 0.303 e. The summed E-state index contributed by atoms with van der Waals surface area (Å²) in [5, 5.41) is 24.6. The van der Waals surface area contributed by atoms with Gasteiger partial charge in [-0.25, -0.2) is 0 Å². The largest absolute Gasteiger partial charge is 0.481 e. The Morgan fingerprint density at radius 2 is 1.53 bits per heavy atom. The maximum atomic E-state index is 10.0. The number of hydrogen-bond donors (Lipinski definition) is 4. The Morgan fingerprint density at radius 3 is 1.95 bits per heavy atom. The summed E-state index contributed by atoms with van der Waals surface area (Å²) in [7, 11) is 0. The fourth-order valence-corrected chi connectivity index (χ4v) is 1.10. The highest BCUT2D eigenvalue weighted by Gasteiger charge is 1.94. The molecule has 0 saturated heterocycles. The molecule has 0 bridgehead atoms. The van der Waals surface area contributed by atoms with E-state index in [1.165, 1.54) is 19.3 Å². The van der Waals surface area contributed by atoms with Crippen molar-refractivity contribution in [2.24, 2.45) is 0 Å². The van der Waals surface area contributed by atoms with Crippen LogP contribution in [-0.2, 0) is 14.5 Å². The summed E-state index contributed by atoms with van der Waals surface area (Å²) in [6.45, 7) is 2.37. The van der Waals surface area contributed by atoms with Crippen molar-refractivity contribution >= 4 is 5.97 Å². The van der Waals surface area contributed by atoms with Gasteiger partial charge in [0.1, 0.15) is 0 Å². The SMILES string of the molecule is CCCCCCCC(=O)O.OCCONOCCO. The van der Waals surface area contributed by atoms with Crippen LogP contribution >= 0.6 is 0 Å². The molecule has 0 aromatic carbocycles. The summed E-state index contributed by atoms with van der Waals surface area (Å²) in [4.78, 5) is 18.9. The topological polar surface area (TPSA) is 108 Å². The van der Waals surface area contributed by atoms with Crippen LogP contribution in [0.1, 0.15) is 45.4 Å². The molecule has 0 heterocycles. The zero-order valence-corrected chi connectivity index (χ0v) is 11.6. The second-order valence-corrected chi connectivity index (χ2v) is 3.79. The van der Waals surface area contributed by atoms with Crippen LogP contribution in [0.3, 0.4) is 0 Å². The first-order valence-corrected chi connectivity index (χ1v) is 6.61. The van der Waals surface area contributed by atoms with Gasteiger partial charge in [-0.1, -0.05) is 38.3 Å². The quantitative estimate of drug-likeness (QED) is 0.310. The van der Waals surface area contributed by atoms with E-state index in [1.807, 2.05) is 0 Å². The van der Waals surface area contributed by atoms with Crippen LogP contribution in [0.4, 0.5) is 0 Å². The number of rotatable bonds is 12. The molecule has 0 spiro atoms. The number of aliphatic carboxylic acids is 1. The first-order chi connectivity index (χ1) is 9.18. The molecule has 0 unspecified atom stereocenters. The highest BCUT2D eigenvalue weighted by atomic mass is 16.9. The van der Waals surface area contributed by atoms with Crippen LogP contribution in [0.15, 0.2) is 0 Å². The van der Waals surface area contributed by atoms with Crippen LogP contribution in [0.2, 0.25) is 0 Å². The van der Waals surface area contributed by atoms with Crippen molar-refractivity contribution in [3.63, 3.8) is 0 Å². The van der Waals surface area contributed by atoms with Crippen molar-refractivity contribution in [1.29, 1.82) is 0 Å². The van der Waals surface area contributed by atoms with E-state index >= 15 is 0 Å². The van der Waals surface area contributed by atoms with Gasteiger partial charge in [0.2, 0.25) is 0 Å². The van der Waals surface area contributed by atoms with Gasteiger partial charge in [-0.05, 0) is 6.42 Å². The Kier molecular flexibility index (Phi) is 21.2. The van der Waals surface area contributed by atoms with E-state index in [2.05, 4.69) is 22.2 Å². The van der Waals surface area contributed by atoms with Gasteiger partial charge in [0.25, 0.3) is 0 Å². The van der Waals surface area contributed by atoms with Crippen LogP contribution < -0.4 is 5.64 Å². The molecule has 7 nitrogen and oxygen atoms in total. The third kappa shape index (κ3) is 26.7. The summed E-state index contributed by atoms with van der Waals surface area (Å²) in [5.74, 6) is -0.670. The molecule has 7 heteroatoms. The van der Waals surface area contributed by atoms with E-state index in [0.29, 0.717) is 6.42 Å². The number of aliphatic hydroxyl groups excluding tert-OH is 2. The highest BCUT2D eigenvalue weighted by molar-refractivity contribution is 5.66. The minimum absolute atomic E-state index is 0.0600. The number of unbranched alkanes of at least 4 members (excludes halogenated alkanes) is 4. The minimum Gasteiger partial charge on any atom is -0.481 e. The molecule has 0 radical (unpaired) electrons. The third-order valence-electron chi connectivity index (χ3n) is 2.00. The van der Waals surface area contributed by atoms with Crippen LogP contribution in [0, 0.1) is 0 Å². The van der Waals surface area contributed by atoms with E-state index in [0.717, 1.165) is 12.8 Å². The normalized spacial score (nSPS) is 9.84. The summed E-state index contributed by atoms with van der Waals surface area (Å²) >= 11 is 0. The van der Waals surface area contributed by atoms with E-state index in [9.17, 15) is 4.79 Å². The number of carbonyl (C=O) groups is 1. The van der Waals surface area contributed by atoms with Gasteiger partial charge in [-0.2, -0.15) is 0 Å². The van der Waals surface area contributed by atoms with Crippen molar-refractivity contribution < 1.29 is 29.8 Å². The number of carboxylic acid groups (broad SMARTS) is 1. The molecule has 0 fully saturated rings. The van der Waals surface area contributed by atoms with E-state index < -0.39 is 5.97 Å². The van der Waals surface area contributed by atoms with Gasteiger partial charge >= 0.3 is 5.97 Å². The lowest BCUT2D eigenvalue weighted by Crippen LogP contribution is -2.19. The third-order valence-corrected chi connectivity index (χ3v) is 2.00. The molecule has 0 aromatic heterocycles. The molecule has 0 saturated carbocycles. The van der Waals surface area contributed by atoms with Crippen molar-refractivity contribution in [3.8, 4) is 0 Å². The standard InChI is InChI=1S/C8H16O2.C4H11NO4/c1-2-3-4-5-6-7-8(9)10;6-1-3-8-5-9-4-2-7/h2-7H2,1H3,(H,9,10);5-7H,1-4H2. The number of carboxylic acids is 1. The summed E-state index contributed by atoms with van der Waals surface area (Å²) in [6, 6.07) is 0. The van der Waals surface area contributed by atoms with Gasteiger partial charge < -0.3 is 15.3 Å². The van der Waals surface area contributed by atoms with Gasteiger partial charge in [0.15, 0.2) is 0 Å². The highest BCUT2D eigenvalue weighted by Crippen LogP contribution is 2.04. The molecule has 0 aliphatic heterocycles. The molecule has 4 N–H and O–H groups in total. The van der Waals surface area contributed by atoms with Gasteiger partial charge in [0.05, 0.1) is 26.4 Å². The van der Waals surface area contributed by atoms with Crippen molar-refractivity contribution in [2.75, 3.05) is 26.4 Å². The van der Waals surface area contributed by atoms with Gasteiger partial charge in [-0.15, -0.1) is 0 Å². The predicted molar refractivity (Wildman–Crippen MR) is 70.2 cm³/mol. The van der Waals surface area contributed by atoms with E-state index in [1.54, 1.807) is 0 Å². The Labute approximate surface area is 114 Å². The zero-order chi connectivity index (χ0) is 14.8. The lowest BCUT2D eigenvalue weighted by molar-refractivity contribution is -0.178. The van der Waals surface area contributed by atoms with E-state index in [-0.39, 0.29) is 26.4 Å². The molecule has 0 aliphatic carbocycles. The lowest BCUT2D eigenvalue weighted by Gasteiger charge is -2.01. The van der Waals surface area contributed by atoms with Crippen molar-refractivity contribution in [1.82, 2.24) is 5.64 Å². The van der Waals surface area contributed by atoms with Crippen molar-refractivity contribution in [2.45, 2.75) is 45.4 Å². The molecule has 19 heavy (non-hydrogen) atoms. The molecule has 116 valence electrons. The van der Waals surface area contributed by atoms with E-state index in [4.69, 9.17) is 15.3 Å². The maximum Gasteiger partial charge on any atom is 0.303 e. The second kappa shape index (κ2) is 19.6. The molecular weight excluding hydrogens is 254 g/mol. The minimum atomic E-state index is -0.670. The van der Waals surface area contributed by atoms with Crippen LogP contribution in [-0.4, -0.2) is 47.7 Å². The Hall–Kier alpha value is -0.730.